The van der Waals surface area contributed by atoms with Crippen molar-refractivity contribution in [2.75, 3.05) is 0 Å². The molecule has 0 heterocycles. The zero-order valence-electron chi connectivity index (χ0n) is 10.2. The van der Waals surface area contributed by atoms with Crippen LogP contribution in [0.4, 0.5) is 13.2 Å². The van der Waals surface area contributed by atoms with Crippen molar-refractivity contribution in [1.82, 2.24) is 0 Å². The van der Waals surface area contributed by atoms with E-state index in [1.54, 1.807) is 0 Å². The van der Waals surface area contributed by atoms with Crippen LogP contribution in [0.15, 0.2) is 0 Å². The third kappa shape index (κ3) is 11.8. The second-order valence-corrected chi connectivity index (χ2v) is 4.49. The Morgan fingerprint density at radius 2 is 1.44 bits per heavy atom. The minimum Gasteiger partial charge on any atom is -0.327 e. The van der Waals surface area contributed by atoms with Crippen molar-refractivity contribution in [3.8, 4) is 0 Å². The summed E-state index contributed by atoms with van der Waals surface area (Å²) in [4.78, 5) is 0. The van der Waals surface area contributed by atoms with E-state index in [1.165, 1.54) is 25.7 Å². The van der Waals surface area contributed by atoms with Gasteiger partial charge >= 0.3 is 6.18 Å². The third-order valence-corrected chi connectivity index (χ3v) is 2.67. The summed E-state index contributed by atoms with van der Waals surface area (Å²) in [5, 5.41) is 0. The highest BCUT2D eigenvalue weighted by Crippen LogP contribution is 2.22. The van der Waals surface area contributed by atoms with E-state index in [4.69, 9.17) is 5.73 Å². The molecule has 1 nitrogen and oxygen atoms in total. The van der Waals surface area contributed by atoms with Crippen LogP contribution in [0.1, 0.15) is 64.7 Å². The molecule has 98 valence electrons. The molecular weight excluding hydrogens is 215 g/mol. The van der Waals surface area contributed by atoms with Crippen molar-refractivity contribution in [1.29, 1.82) is 0 Å². The largest absolute Gasteiger partial charge is 0.390 e. The second kappa shape index (κ2) is 8.85. The lowest BCUT2D eigenvalue weighted by Gasteiger charge is -2.13. The number of halogens is 3. The summed E-state index contributed by atoms with van der Waals surface area (Å²) in [6.45, 7) is 2.16. The number of hydrogen-bond acceptors (Lipinski definition) is 1. The summed E-state index contributed by atoms with van der Waals surface area (Å²) in [6.07, 6.45) is 3.41. The van der Waals surface area contributed by atoms with Crippen LogP contribution in [0, 0.1) is 0 Å². The fourth-order valence-corrected chi connectivity index (χ4v) is 1.76. The van der Waals surface area contributed by atoms with Crippen LogP contribution in [0.5, 0.6) is 0 Å². The van der Waals surface area contributed by atoms with Gasteiger partial charge in [-0.25, -0.2) is 0 Å². The fraction of sp³-hybridized carbons (Fsp3) is 1.00. The van der Waals surface area contributed by atoms with E-state index in [1.807, 2.05) is 0 Å². The number of alkyl halides is 3. The second-order valence-electron chi connectivity index (χ2n) is 4.49. The molecule has 1 unspecified atom stereocenters. The maximum absolute atomic E-state index is 11.9. The van der Waals surface area contributed by atoms with Gasteiger partial charge in [0.25, 0.3) is 0 Å². The third-order valence-electron chi connectivity index (χ3n) is 2.67. The summed E-state index contributed by atoms with van der Waals surface area (Å²) >= 11 is 0. The Bertz CT molecular complexity index is 157. The van der Waals surface area contributed by atoms with Crippen molar-refractivity contribution in [2.24, 2.45) is 5.73 Å². The highest BCUT2D eigenvalue weighted by atomic mass is 19.4. The van der Waals surface area contributed by atoms with E-state index in [9.17, 15) is 13.2 Å². The smallest absolute Gasteiger partial charge is 0.327 e. The van der Waals surface area contributed by atoms with Gasteiger partial charge in [-0.15, -0.1) is 0 Å². The summed E-state index contributed by atoms with van der Waals surface area (Å²) in [5.74, 6) is 0. The predicted molar refractivity (Wildman–Crippen MR) is 61.3 cm³/mol. The number of unbranched alkanes of at least 4 members (excludes halogenated alkanes) is 6. The highest BCUT2D eigenvalue weighted by Gasteiger charge is 2.29. The van der Waals surface area contributed by atoms with Crippen molar-refractivity contribution >= 4 is 0 Å². The molecule has 0 amide bonds. The molecule has 0 aromatic carbocycles. The van der Waals surface area contributed by atoms with Gasteiger partial charge in [0.2, 0.25) is 0 Å². The lowest BCUT2D eigenvalue weighted by atomic mass is 10.0. The van der Waals surface area contributed by atoms with Crippen molar-refractivity contribution < 1.29 is 13.2 Å². The molecule has 0 radical (unpaired) electrons. The molecule has 0 spiro atoms. The SMILES string of the molecule is CCCCCCCCCC(N)CC(F)(F)F. The predicted octanol–water partition coefficient (Wildman–Crippen LogP) is 4.41. The average molecular weight is 239 g/mol. The first-order valence-corrected chi connectivity index (χ1v) is 6.28. The maximum Gasteiger partial charge on any atom is 0.390 e. The molecule has 2 N–H and O–H groups in total. The minimum absolute atomic E-state index is 0.493. The van der Waals surface area contributed by atoms with Gasteiger partial charge in [0.05, 0.1) is 6.42 Å². The molecule has 0 aliphatic heterocycles. The molecule has 1 atom stereocenters. The Hall–Kier alpha value is -0.250. The first-order chi connectivity index (χ1) is 7.45. The highest BCUT2D eigenvalue weighted by molar-refractivity contribution is 4.66. The Morgan fingerprint density at radius 3 is 1.94 bits per heavy atom. The Balaban J connectivity index is 3.25. The van der Waals surface area contributed by atoms with Gasteiger partial charge in [-0.05, 0) is 6.42 Å². The molecular formula is C12H24F3N. The van der Waals surface area contributed by atoms with Gasteiger partial charge in [0, 0.05) is 6.04 Å². The van der Waals surface area contributed by atoms with Gasteiger partial charge in [-0.3, -0.25) is 0 Å². The maximum atomic E-state index is 11.9. The van der Waals surface area contributed by atoms with Crippen LogP contribution in [-0.2, 0) is 0 Å². The molecule has 0 aliphatic rings. The van der Waals surface area contributed by atoms with Crippen LogP contribution < -0.4 is 5.73 Å². The lowest BCUT2D eigenvalue weighted by Crippen LogP contribution is -2.27. The summed E-state index contributed by atoms with van der Waals surface area (Å²) < 4.78 is 35.8. The molecule has 0 saturated carbocycles. The topological polar surface area (TPSA) is 26.0 Å². The van der Waals surface area contributed by atoms with E-state index >= 15 is 0 Å². The molecule has 0 rings (SSSR count). The van der Waals surface area contributed by atoms with Gasteiger partial charge in [-0.1, -0.05) is 51.9 Å². The van der Waals surface area contributed by atoms with Crippen molar-refractivity contribution in [2.45, 2.75) is 76.9 Å². The molecule has 0 aliphatic carbocycles. The first kappa shape index (κ1) is 15.8. The first-order valence-electron chi connectivity index (χ1n) is 6.28. The quantitative estimate of drug-likeness (QED) is 0.593. The van der Waals surface area contributed by atoms with E-state index in [0.717, 1.165) is 19.3 Å². The monoisotopic (exact) mass is 239 g/mol. The number of rotatable bonds is 9. The van der Waals surface area contributed by atoms with Crippen LogP contribution in [0.2, 0.25) is 0 Å². The summed E-state index contributed by atoms with van der Waals surface area (Å²) in [7, 11) is 0. The molecule has 0 aromatic heterocycles. The molecule has 0 bridgehead atoms. The Labute approximate surface area is 96.6 Å². The lowest BCUT2D eigenvalue weighted by molar-refractivity contribution is -0.138. The Kier molecular flexibility index (Phi) is 8.71. The molecule has 4 heteroatoms. The number of nitrogens with two attached hydrogens (primary N) is 1. The van der Waals surface area contributed by atoms with Crippen molar-refractivity contribution in [3.05, 3.63) is 0 Å². The summed E-state index contributed by atoms with van der Waals surface area (Å²) in [5.41, 5.74) is 5.40. The standard InChI is InChI=1S/C12H24F3N/c1-2-3-4-5-6-7-8-9-11(16)10-12(13,14)15/h11H,2-10,16H2,1H3. The van der Waals surface area contributed by atoms with Gasteiger partial charge in [0.1, 0.15) is 0 Å². The zero-order chi connectivity index (χ0) is 12.4. The average Bonchev–Trinajstić information content (AvgIpc) is 2.13. The van der Waals surface area contributed by atoms with Crippen LogP contribution in [-0.4, -0.2) is 12.2 Å². The van der Waals surface area contributed by atoms with Gasteiger partial charge < -0.3 is 5.73 Å². The minimum atomic E-state index is -4.11. The molecule has 0 fully saturated rings. The summed E-state index contributed by atoms with van der Waals surface area (Å²) in [6, 6.07) is -0.712. The van der Waals surface area contributed by atoms with E-state index < -0.39 is 18.6 Å². The molecule has 0 saturated heterocycles. The zero-order valence-corrected chi connectivity index (χ0v) is 10.2. The number of hydrogen-bond donors (Lipinski definition) is 1. The van der Waals surface area contributed by atoms with Gasteiger partial charge in [-0.2, -0.15) is 13.2 Å². The molecule has 0 aromatic rings. The normalized spacial score (nSPS) is 14.1. The van der Waals surface area contributed by atoms with Crippen LogP contribution >= 0.6 is 0 Å². The fourth-order valence-electron chi connectivity index (χ4n) is 1.76. The molecule has 16 heavy (non-hydrogen) atoms. The van der Waals surface area contributed by atoms with E-state index in [-0.39, 0.29) is 0 Å². The van der Waals surface area contributed by atoms with Crippen LogP contribution in [0.25, 0.3) is 0 Å². The van der Waals surface area contributed by atoms with Crippen molar-refractivity contribution in [3.63, 3.8) is 0 Å². The van der Waals surface area contributed by atoms with Crippen LogP contribution in [0.3, 0.4) is 0 Å². The van der Waals surface area contributed by atoms with E-state index in [0.29, 0.717) is 6.42 Å². The van der Waals surface area contributed by atoms with Gasteiger partial charge in [0.15, 0.2) is 0 Å². The Morgan fingerprint density at radius 1 is 0.938 bits per heavy atom. The van der Waals surface area contributed by atoms with E-state index in [2.05, 4.69) is 6.92 Å².